The molecule has 0 bridgehead atoms. The molecule has 1 aromatic heterocycles. The van der Waals surface area contributed by atoms with E-state index < -0.39 is 0 Å². The van der Waals surface area contributed by atoms with Crippen LogP contribution in [0.25, 0.3) is 10.9 Å². The summed E-state index contributed by atoms with van der Waals surface area (Å²) in [5.74, 6) is 3.38. The van der Waals surface area contributed by atoms with Crippen molar-refractivity contribution in [2.75, 3.05) is 30.9 Å². The Labute approximate surface area is 210 Å². The molecule has 2 fully saturated rings. The van der Waals surface area contributed by atoms with E-state index in [9.17, 15) is 0 Å². The molecular weight excluding hydrogens is 430 g/mol. The summed E-state index contributed by atoms with van der Waals surface area (Å²) >= 11 is 0. The summed E-state index contributed by atoms with van der Waals surface area (Å²) in [7, 11) is 4.10. The van der Waals surface area contributed by atoms with E-state index >= 15 is 0 Å². The van der Waals surface area contributed by atoms with Gasteiger partial charge in [-0.1, -0.05) is 55.3 Å². The van der Waals surface area contributed by atoms with Gasteiger partial charge in [0.2, 0.25) is 5.95 Å². The maximum Gasteiger partial charge on any atom is 0.225 e. The zero-order valence-electron chi connectivity index (χ0n) is 21.4. The summed E-state index contributed by atoms with van der Waals surface area (Å²) in [5, 5.41) is 8.73. The Bertz CT molecular complexity index is 1070. The maximum atomic E-state index is 4.84. The lowest BCUT2D eigenvalue weighted by Gasteiger charge is -2.35. The monoisotopic (exact) mass is 471 g/mol. The summed E-state index contributed by atoms with van der Waals surface area (Å²) in [6.45, 7) is 1.18. The van der Waals surface area contributed by atoms with E-state index in [1.54, 1.807) is 0 Å². The van der Waals surface area contributed by atoms with Crippen molar-refractivity contribution >= 4 is 22.7 Å². The van der Waals surface area contributed by atoms with Crippen LogP contribution >= 0.6 is 0 Å². The number of fused-ring (bicyclic) bond motifs is 1. The maximum absolute atomic E-state index is 4.84. The molecule has 5 rings (SSSR count). The average Bonchev–Trinajstić information content (AvgIpc) is 2.89. The van der Waals surface area contributed by atoms with Crippen LogP contribution in [0.2, 0.25) is 0 Å². The highest BCUT2D eigenvalue weighted by molar-refractivity contribution is 5.90. The Morgan fingerprint density at radius 3 is 2.23 bits per heavy atom. The molecule has 0 amide bonds. The molecule has 186 valence electrons. The van der Waals surface area contributed by atoms with Crippen LogP contribution in [0.3, 0.4) is 0 Å². The second-order valence-corrected chi connectivity index (χ2v) is 10.9. The van der Waals surface area contributed by atoms with Crippen LogP contribution in [0.1, 0.15) is 56.9 Å². The van der Waals surface area contributed by atoms with E-state index in [0.717, 1.165) is 34.5 Å². The van der Waals surface area contributed by atoms with Gasteiger partial charge >= 0.3 is 0 Å². The van der Waals surface area contributed by atoms with Crippen LogP contribution in [-0.2, 0) is 6.42 Å². The fraction of sp³-hybridized carbons (Fsp3) is 0.533. The van der Waals surface area contributed by atoms with Crippen molar-refractivity contribution in [3.05, 3.63) is 60.2 Å². The molecule has 0 aliphatic heterocycles. The quantitative estimate of drug-likeness (QED) is 0.418. The molecule has 2 atom stereocenters. The smallest absolute Gasteiger partial charge is 0.225 e. The number of nitrogens with zero attached hydrogens (tertiary/aromatic N) is 3. The van der Waals surface area contributed by atoms with Crippen molar-refractivity contribution in [2.24, 2.45) is 11.8 Å². The molecule has 5 heteroatoms. The molecule has 1 heterocycles. The molecular formula is C30H41N5. The van der Waals surface area contributed by atoms with Crippen molar-refractivity contribution < 1.29 is 0 Å². The molecule has 2 aromatic carbocycles. The SMILES string of the molecule is CN(C)c1nc(N[C@H]2CC[C@@H](NC[C@@H]3CCCCC3Cc3ccccc3)CC2)nc2ccccc12. The van der Waals surface area contributed by atoms with Crippen LogP contribution < -0.4 is 15.5 Å². The summed E-state index contributed by atoms with van der Waals surface area (Å²) in [6.07, 6.45) is 11.6. The zero-order chi connectivity index (χ0) is 24.0. The van der Waals surface area contributed by atoms with Crippen molar-refractivity contribution in [3.8, 4) is 0 Å². The molecule has 5 nitrogen and oxygen atoms in total. The van der Waals surface area contributed by atoms with E-state index in [2.05, 4.69) is 64.1 Å². The van der Waals surface area contributed by atoms with Crippen molar-refractivity contribution in [2.45, 2.75) is 69.9 Å². The molecule has 0 saturated heterocycles. The number of benzene rings is 2. The largest absolute Gasteiger partial charge is 0.362 e. The minimum atomic E-state index is 0.449. The highest BCUT2D eigenvalue weighted by Crippen LogP contribution is 2.33. The standard InChI is InChI=1S/C30H41N5/c1-35(2)29-27-14-8-9-15-28(27)33-30(34-29)32-26-18-16-25(17-19-26)31-21-24-13-7-6-12-23(24)20-22-10-4-3-5-11-22/h3-5,8-11,14-15,23-26,31H,6-7,12-13,16-21H2,1-2H3,(H,32,33,34)/t23?,24-,25-,26+/m0/s1. The predicted octanol–water partition coefficient (Wildman–Crippen LogP) is 6.06. The van der Waals surface area contributed by atoms with Crippen LogP contribution in [0.4, 0.5) is 11.8 Å². The summed E-state index contributed by atoms with van der Waals surface area (Å²) < 4.78 is 0. The Morgan fingerprint density at radius 1 is 0.771 bits per heavy atom. The first-order valence-electron chi connectivity index (χ1n) is 13.6. The van der Waals surface area contributed by atoms with E-state index in [1.165, 1.54) is 69.9 Å². The molecule has 2 N–H and O–H groups in total. The van der Waals surface area contributed by atoms with Crippen LogP contribution in [0, 0.1) is 11.8 Å². The minimum absolute atomic E-state index is 0.449. The van der Waals surface area contributed by atoms with Gasteiger partial charge in [0.25, 0.3) is 0 Å². The highest BCUT2D eigenvalue weighted by Gasteiger charge is 2.27. The Balaban J connectivity index is 1.12. The normalized spacial score (nSPS) is 24.9. The number of nitrogens with one attached hydrogen (secondary N) is 2. The molecule has 0 spiro atoms. The summed E-state index contributed by atoms with van der Waals surface area (Å²) in [6, 6.07) is 20.5. The third-order valence-electron chi connectivity index (χ3n) is 8.14. The second-order valence-electron chi connectivity index (χ2n) is 10.9. The van der Waals surface area contributed by atoms with Gasteiger partial charge in [-0.05, 0) is 81.0 Å². The van der Waals surface area contributed by atoms with Gasteiger partial charge in [0, 0.05) is 31.6 Å². The lowest BCUT2D eigenvalue weighted by atomic mass is 9.76. The fourth-order valence-corrected chi connectivity index (χ4v) is 6.15. The topological polar surface area (TPSA) is 53.1 Å². The third-order valence-corrected chi connectivity index (χ3v) is 8.14. The highest BCUT2D eigenvalue weighted by atomic mass is 15.2. The minimum Gasteiger partial charge on any atom is -0.362 e. The summed E-state index contributed by atoms with van der Waals surface area (Å²) in [4.78, 5) is 11.7. The van der Waals surface area contributed by atoms with Crippen LogP contribution in [0.15, 0.2) is 54.6 Å². The number of anilines is 2. The molecule has 2 saturated carbocycles. The third kappa shape index (κ3) is 6.13. The molecule has 2 aliphatic carbocycles. The lowest BCUT2D eigenvalue weighted by Crippen LogP contribution is -2.41. The van der Waals surface area contributed by atoms with Crippen molar-refractivity contribution in [1.82, 2.24) is 15.3 Å². The van der Waals surface area contributed by atoms with Gasteiger partial charge in [-0.25, -0.2) is 4.98 Å². The van der Waals surface area contributed by atoms with Gasteiger partial charge < -0.3 is 15.5 Å². The average molecular weight is 472 g/mol. The molecule has 1 unspecified atom stereocenters. The Hall–Kier alpha value is -2.66. The first-order chi connectivity index (χ1) is 17.2. The number of rotatable bonds is 8. The van der Waals surface area contributed by atoms with Gasteiger partial charge in [0.15, 0.2) is 0 Å². The molecule has 35 heavy (non-hydrogen) atoms. The van der Waals surface area contributed by atoms with Crippen LogP contribution in [0.5, 0.6) is 0 Å². The second kappa shape index (κ2) is 11.4. The number of para-hydroxylation sites is 1. The van der Waals surface area contributed by atoms with Gasteiger partial charge in [-0.2, -0.15) is 4.98 Å². The Morgan fingerprint density at radius 2 is 1.46 bits per heavy atom. The Kier molecular flexibility index (Phi) is 7.82. The van der Waals surface area contributed by atoms with Gasteiger partial charge in [-0.3, -0.25) is 0 Å². The first-order valence-corrected chi connectivity index (χ1v) is 13.6. The molecule has 0 radical (unpaired) electrons. The number of hydrogen-bond donors (Lipinski definition) is 2. The van der Waals surface area contributed by atoms with E-state index in [0.29, 0.717) is 12.1 Å². The van der Waals surface area contributed by atoms with Gasteiger partial charge in [0.1, 0.15) is 5.82 Å². The van der Waals surface area contributed by atoms with E-state index in [-0.39, 0.29) is 0 Å². The number of aromatic nitrogens is 2. The van der Waals surface area contributed by atoms with E-state index in [4.69, 9.17) is 9.97 Å². The van der Waals surface area contributed by atoms with Crippen molar-refractivity contribution in [1.29, 1.82) is 0 Å². The van der Waals surface area contributed by atoms with Gasteiger partial charge in [-0.15, -0.1) is 0 Å². The molecule has 3 aromatic rings. The van der Waals surface area contributed by atoms with Gasteiger partial charge in [0.05, 0.1) is 5.52 Å². The lowest BCUT2D eigenvalue weighted by molar-refractivity contribution is 0.214. The first kappa shape index (κ1) is 24.1. The van der Waals surface area contributed by atoms with E-state index in [1.807, 2.05) is 20.2 Å². The molecule has 2 aliphatic rings. The zero-order valence-corrected chi connectivity index (χ0v) is 21.4. The van der Waals surface area contributed by atoms with Crippen LogP contribution in [-0.4, -0.2) is 42.7 Å². The predicted molar refractivity (Wildman–Crippen MR) is 147 cm³/mol. The summed E-state index contributed by atoms with van der Waals surface area (Å²) in [5.41, 5.74) is 2.51. The van der Waals surface area contributed by atoms with Crippen molar-refractivity contribution in [3.63, 3.8) is 0 Å². The fourth-order valence-electron chi connectivity index (χ4n) is 6.15. The number of hydrogen-bond acceptors (Lipinski definition) is 5.